The summed E-state index contributed by atoms with van der Waals surface area (Å²) in [5, 5.41) is 14.4. The Labute approximate surface area is 125 Å². The van der Waals surface area contributed by atoms with E-state index in [1.165, 1.54) is 25.3 Å². The zero-order chi connectivity index (χ0) is 15.4. The van der Waals surface area contributed by atoms with Crippen molar-refractivity contribution >= 4 is 5.69 Å². The fourth-order valence-corrected chi connectivity index (χ4v) is 3.00. The molecule has 116 valence electrons. The van der Waals surface area contributed by atoms with Gasteiger partial charge in [0.05, 0.1) is 12.0 Å². The van der Waals surface area contributed by atoms with Crippen LogP contribution in [0.2, 0.25) is 0 Å². The van der Waals surface area contributed by atoms with Crippen LogP contribution in [0.5, 0.6) is 5.75 Å². The molecule has 0 radical (unpaired) electrons. The molecule has 5 nitrogen and oxygen atoms in total. The molecule has 5 heteroatoms. The number of nitro groups is 1. The van der Waals surface area contributed by atoms with Gasteiger partial charge >= 0.3 is 0 Å². The lowest BCUT2D eigenvalue weighted by atomic mass is 9.79. The highest BCUT2D eigenvalue weighted by Crippen LogP contribution is 2.30. The Hall–Kier alpha value is -1.62. The minimum atomic E-state index is -0.368. The van der Waals surface area contributed by atoms with Crippen molar-refractivity contribution in [3.63, 3.8) is 0 Å². The maximum absolute atomic E-state index is 10.9. The highest BCUT2D eigenvalue weighted by molar-refractivity contribution is 5.43. The van der Waals surface area contributed by atoms with Gasteiger partial charge in [0.2, 0.25) is 0 Å². The summed E-state index contributed by atoms with van der Waals surface area (Å²) in [4.78, 5) is 10.5. The third-order valence-corrected chi connectivity index (χ3v) is 4.65. The first-order chi connectivity index (χ1) is 10.0. The van der Waals surface area contributed by atoms with Crippen LogP contribution >= 0.6 is 0 Å². The summed E-state index contributed by atoms with van der Waals surface area (Å²) < 4.78 is 5.30. The summed E-state index contributed by atoms with van der Waals surface area (Å²) in [7, 11) is 1.59. The third-order valence-electron chi connectivity index (χ3n) is 4.65. The SMILES string of the molecule is COc1ccc([N+](=O)[O-])cc1CNC1CCC(C)C(C)C1. The fraction of sp³-hybridized carbons (Fsp3) is 0.625. The molecule has 1 aliphatic rings. The van der Waals surface area contributed by atoms with E-state index >= 15 is 0 Å². The summed E-state index contributed by atoms with van der Waals surface area (Å²) in [6, 6.07) is 5.23. The quantitative estimate of drug-likeness (QED) is 0.666. The molecule has 0 amide bonds. The van der Waals surface area contributed by atoms with Crippen LogP contribution in [0.3, 0.4) is 0 Å². The summed E-state index contributed by atoms with van der Waals surface area (Å²) in [5.41, 5.74) is 0.955. The van der Waals surface area contributed by atoms with Crippen LogP contribution in [0.4, 0.5) is 5.69 Å². The van der Waals surface area contributed by atoms with E-state index in [0.717, 1.165) is 17.4 Å². The molecule has 21 heavy (non-hydrogen) atoms. The molecule has 1 N–H and O–H groups in total. The largest absolute Gasteiger partial charge is 0.496 e. The number of non-ortho nitro benzene ring substituents is 1. The minimum absolute atomic E-state index is 0.109. The number of nitrogens with zero attached hydrogens (tertiary/aromatic N) is 1. The van der Waals surface area contributed by atoms with Gasteiger partial charge in [0, 0.05) is 30.3 Å². The van der Waals surface area contributed by atoms with Gasteiger partial charge in [0.25, 0.3) is 5.69 Å². The average molecular weight is 292 g/mol. The van der Waals surface area contributed by atoms with Gasteiger partial charge in [-0.15, -0.1) is 0 Å². The average Bonchev–Trinajstić information content (AvgIpc) is 2.48. The highest BCUT2D eigenvalue weighted by Gasteiger charge is 2.24. The van der Waals surface area contributed by atoms with E-state index in [-0.39, 0.29) is 10.6 Å². The van der Waals surface area contributed by atoms with Crippen LogP contribution < -0.4 is 10.1 Å². The van der Waals surface area contributed by atoms with Crippen LogP contribution in [0, 0.1) is 22.0 Å². The third kappa shape index (κ3) is 3.94. The Balaban J connectivity index is 2.02. The van der Waals surface area contributed by atoms with Crippen LogP contribution in [0.25, 0.3) is 0 Å². The number of methoxy groups -OCH3 is 1. The summed E-state index contributed by atoms with van der Waals surface area (Å²) >= 11 is 0. The summed E-state index contributed by atoms with van der Waals surface area (Å²) in [6.45, 7) is 5.22. The van der Waals surface area contributed by atoms with E-state index in [4.69, 9.17) is 4.74 Å². The van der Waals surface area contributed by atoms with Crippen molar-refractivity contribution in [1.29, 1.82) is 0 Å². The lowest BCUT2D eigenvalue weighted by molar-refractivity contribution is -0.384. The Morgan fingerprint density at radius 3 is 2.71 bits per heavy atom. The zero-order valence-corrected chi connectivity index (χ0v) is 13.0. The molecule has 0 bridgehead atoms. The maximum Gasteiger partial charge on any atom is 0.270 e. The smallest absolute Gasteiger partial charge is 0.270 e. The Kier molecular flexibility index (Phi) is 5.17. The number of nitro benzene ring substituents is 1. The fourth-order valence-electron chi connectivity index (χ4n) is 3.00. The molecule has 1 saturated carbocycles. The van der Waals surface area contributed by atoms with Crippen molar-refractivity contribution < 1.29 is 9.66 Å². The maximum atomic E-state index is 10.9. The van der Waals surface area contributed by atoms with E-state index in [1.54, 1.807) is 19.2 Å². The second-order valence-corrected chi connectivity index (χ2v) is 6.10. The molecular formula is C16H24N2O3. The van der Waals surface area contributed by atoms with Crippen molar-refractivity contribution in [3.05, 3.63) is 33.9 Å². The lowest BCUT2D eigenvalue weighted by Gasteiger charge is -2.32. The second kappa shape index (κ2) is 6.89. The van der Waals surface area contributed by atoms with Gasteiger partial charge in [0.1, 0.15) is 5.75 Å². The van der Waals surface area contributed by atoms with Gasteiger partial charge in [-0.3, -0.25) is 10.1 Å². The number of benzene rings is 1. The molecule has 2 rings (SSSR count). The molecule has 0 heterocycles. The van der Waals surface area contributed by atoms with E-state index < -0.39 is 0 Å². The summed E-state index contributed by atoms with van der Waals surface area (Å²) in [6.07, 6.45) is 3.58. The standard InChI is InChI=1S/C16H24N2O3/c1-11-4-5-14(8-12(11)2)17-10-13-9-15(18(19)20)6-7-16(13)21-3/h6-7,9,11-12,14,17H,4-5,8,10H2,1-3H3. The number of ether oxygens (including phenoxy) is 1. The van der Waals surface area contributed by atoms with Gasteiger partial charge in [-0.05, 0) is 37.2 Å². The van der Waals surface area contributed by atoms with Crippen LogP contribution in [0.15, 0.2) is 18.2 Å². The molecule has 0 aromatic heterocycles. The molecule has 3 atom stereocenters. The molecule has 3 unspecified atom stereocenters. The van der Waals surface area contributed by atoms with Gasteiger partial charge in [-0.1, -0.05) is 13.8 Å². The minimum Gasteiger partial charge on any atom is -0.496 e. The van der Waals surface area contributed by atoms with Gasteiger partial charge in [-0.2, -0.15) is 0 Å². The number of hydrogen-bond acceptors (Lipinski definition) is 4. The molecule has 1 aromatic rings. The molecular weight excluding hydrogens is 268 g/mol. The van der Waals surface area contributed by atoms with Crippen LogP contribution in [-0.4, -0.2) is 18.1 Å². The molecule has 0 spiro atoms. The molecule has 0 aliphatic heterocycles. The van der Waals surface area contributed by atoms with Gasteiger partial charge < -0.3 is 10.1 Å². The van der Waals surface area contributed by atoms with E-state index in [9.17, 15) is 10.1 Å². The van der Waals surface area contributed by atoms with E-state index in [2.05, 4.69) is 19.2 Å². The van der Waals surface area contributed by atoms with Crippen molar-refractivity contribution in [1.82, 2.24) is 5.32 Å². The zero-order valence-electron chi connectivity index (χ0n) is 13.0. The summed E-state index contributed by atoms with van der Waals surface area (Å²) in [5.74, 6) is 2.21. The first-order valence-electron chi connectivity index (χ1n) is 7.56. The van der Waals surface area contributed by atoms with E-state index in [0.29, 0.717) is 18.3 Å². The topological polar surface area (TPSA) is 64.4 Å². The second-order valence-electron chi connectivity index (χ2n) is 6.10. The first kappa shape index (κ1) is 15.8. The Morgan fingerprint density at radius 2 is 2.10 bits per heavy atom. The number of hydrogen-bond donors (Lipinski definition) is 1. The molecule has 1 fully saturated rings. The Morgan fingerprint density at radius 1 is 1.33 bits per heavy atom. The van der Waals surface area contributed by atoms with Crippen molar-refractivity contribution in [2.75, 3.05) is 7.11 Å². The van der Waals surface area contributed by atoms with Crippen LogP contribution in [-0.2, 0) is 6.54 Å². The molecule has 1 aliphatic carbocycles. The number of nitrogens with one attached hydrogen (secondary N) is 1. The highest BCUT2D eigenvalue weighted by atomic mass is 16.6. The van der Waals surface area contributed by atoms with Gasteiger partial charge in [0.15, 0.2) is 0 Å². The Bertz CT molecular complexity index is 504. The normalized spacial score (nSPS) is 25.6. The predicted molar refractivity (Wildman–Crippen MR) is 82.5 cm³/mol. The lowest BCUT2D eigenvalue weighted by Crippen LogP contribution is -2.35. The first-order valence-corrected chi connectivity index (χ1v) is 7.56. The van der Waals surface area contributed by atoms with Crippen molar-refractivity contribution in [2.24, 2.45) is 11.8 Å². The van der Waals surface area contributed by atoms with Crippen molar-refractivity contribution in [3.8, 4) is 5.75 Å². The van der Waals surface area contributed by atoms with Crippen LogP contribution in [0.1, 0.15) is 38.7 Å². The molecule has 0 saturated heterocycles. The molecule has 1 aromatic carbocycles. The van der Waals surface area contributed by atoms with Crippen molar-refractivity contribution in [2.45, 2.75) is 45.7 Å². The number of rotatable bonds is 5. The van der Waals surface area contributed by atoms with E-state index in [1.807, 2.05) is 0 Å². The van der Waals surface area contributed by atoms with Gasteiger partial charge in [-0.25, -0.2) is 0 Å². The predicted octanol–water partition coefficient (Wildman–Crippen LogP) is 3.52. The monoisotopic (exact) mass is 292 g/mol.